The summed E-state index contributed by atoms with van der Waals surface area (Å²) < 4.78 is 0. The lowest BCUT2D eigenvalue weighted by Crippen LogP contribution is -2.45. The molecule has 3 aliphatic rings. The lowest BCUT2D eigenvalue weighted by molar-refractivity contribution is -0.139. The van der Waals surface area contributed by atoms with Crippen LogP contribution in [0.5, 0.6) is 0 Å². The van der Waals surface area contributed by atoms with Gasteiger partial charge in [0.1, 0.15) is 0 Å². The van der Waals surface area contributed by atoms with Gasteiger partial charge in [0.15, 0.2) is 0 Å². The molecule has 3 fully saturated rings. The van der Waals surface area contributed by atoms with Crippen LogP contribution >= 0.6 is 0 Å². The fraction of sp³-hybridized carbons (Fsp3) is 0.933. The summed E-state index contributed by atoms with van der Waals surface area (Å²) in [5, 5.41) is 10.4. The van der Waals surface area contributed by atoms with Crippen molar-refractivity contribution in [3.63, 3.8) is 0 Å². The molecule has 1 amide bonds. The highest BCUT2D eigenvalue weighted by atomic mass is 16.3. The minimum absolute atomic E-state index is 0.263. The van der Waals surface area contributed by atoms with Gasteiger partial charge >= 0.3 is 0 Å². The van der Waals surface area contributed by atoms with E-state index in [2.05, 4.69) is 0 Å². The smallest absolute Gasteiger partial charge is 0.225 e. The second-order valence-electron chi connectivity index (χ2n) is 6.91. The average molecular weight is 251 g/mol. The van der Waals surface area contributed by atoms with E-state index in [-0.39, 0.29) is 5.92 Å². The van der Waals surface area contributed by atoms with Gasteiger partial charge in [0.25, 0.3) is 0 Å². The van der Waals surface area contributed by atoms with Gasteiger partial charge in [0, 0.05) is 19.5 Å². The van der Waals surface area contributed by atoms with Gasteiger partial charge in [-0.05, 0) is 43.9 Å². The fourth-order valence-corrected chi connectivity index (χ4v) is 4.54. The number of carbonyl (C=O) groups excluding carboxylic acids is 1. The van der Waals surface area contributed by atoms with Crippen molar-refractivity contribution in [2.45, 2.75) is 57.0 Å². The molecule has 0 saturated heterocycles. The Hall–Kier alpha value is -0.570. The predicted molar refractivity (Wildman–Crippen MR) is 70.0 cm³/mol. The van der Waals surface area contributed by atoms with Crippen LogP contribution < -0.4 is 0 Å². The minimum Gasteiger partial charge on any atom is -0.388 e. The fourth-order valence-electron chi connectivity index (χ4n) is 4.54. The van der Waals surface area contributed by atoms with E-state index < -0.39 is 5.60 Å². The zero-order chi connectivity index (χ0) is 12.8. The van der Waals surface area contributed by atoms with E-state index >= 15 is 0 Å². The van der Waals surface area contributed by atoms with Crippen LogP contribution in [0.4, 0.5) is 0 Å². The van der Waals surface area contributed by atoms with Gasteiger partial charge in [-0.1, -0.05) is 19.3 Å². The van der Waals surface area contributed by atoms with E-state index in [1.165, 1.54) is 19.3 Å². The number of nitrogens with zero attached hydrogens (tertiary/aromatic N) is 1. The van der Waals surface area contributed by atoms with E-state index in [9.17, 15) is 9.90 Å². The van der Waals surface area contributed by atoms with Gasteiger partial charge in [-0.25, -0.2) is 0 Å². The van der Waals surface area contributed by atoms with Crippen molar-refractivity contribution in [1.82, 2.24) is 4.90 Å². The predicted octanol–water partition coefficient (Wildman–Crippen LogP) is 2.19. The number of amides is 1. The second kappa shape index (κ2) is 4.52. The van der Waals surface area contributed by atoms with Crippen LogP contribution in [-0.4, -0.2) is 35.1 Å². The summed E-state index contributed by atoms with van der Waals surface area (Å²) in [6.45, 7) is 0.541. The molecule has 1 N–H and O–H groups in total. The summed E-state index contributed by atoms with van der Waals surface area (Å²) in [6, 6.07) is 0. The van der Waals surface area contributed by atoms with E-state index in [1.54, 1.807) is 0 Å². The number of likely N-dealkylation sites (N-methyl/N-ethyl adjacent to an activating group) is 1. The van der Waals surface area contributed by atoms with E-state index in [4.69, 9.17) is 0 Å². The molecule has 3 aliphatic carbocycles. The van der Waals surface area contributed by atoms with Gasteiger partial charge in [-0.15, -0.1) is 0 Å². The molecule has 2 bridgehead atoms. The summed E-state index contributed by atoms with van der Waals surface area (Å²) in [5.74, 6) is 2.01. The first kappa shape index (κ1) is 12.5. The molecule has 0 aliphatic heterocycles. The second-order valence-corrected chi connectivity index (χ2v) is 6.91. The molecule has 0 heterocycles. The highest BCUT2D eigenvalue weighted by molar-refractivity contribution is 5.79. The SMILES string of the molecule is CN(CC1(O)CCCC1)C(=O)C1CC2CCC1C2. The molecule has 0 aromatic carbocycles. The molecule has 18 heavy (non-hydrogen) atoms. The Kier molecular flexibility index (Phi) is 3.13. The summed E-state index contributed by atoms with van der Waals surface area (Å²) in [5.41, 5.74) is -0.595. The molecule has 3 nitrogen and oxygen atoms in total. The molecule has 3 unspecified atom stereocenters. The van der Waals surface area contributed by atoms with E-state index in [0.717, 1.165) is 38.0 Å². The highest BCUT2D eigenvalue weighted by Gasteiger charge is 2.44. The van der Waals surface area contributed by atoms with Crippen LogP contribution in [0.15, 0.2) is 0 Å². The maximum atomic E-state index is 12.5. The summed E-state index contributed by atoms with van der Waals surface area (Å²) in [7, 11) is 1.88. The Morgan fingerprint density at radius 2 is 2.00 bits per heavy atom. The number of carbonyl (C=O) groups is 1. The minimum atomic E-state index is -0.595. The van der Waals surface area contributed by atoms with Crippen LogP contribution in [0, 0.1) is 17.8 Å². The molecule has 3 atom stereocenters. The zero-order valence-corrected chi connectivity index (χ0v) is 11.4. The molecule has 3 heteroatoms. The molecule has 102 valence electrons. The van der Waals surface area contributed by atoms with Crippen molar-refractivity contribution >= 4 is 5.91 Å². The molecule has 3 saturated carbocycles. The topological polar surface area (TPSA) is 40.5 Å². The summed E-state index contributed by atoms with van der Waals surface area (Å²) in [6.07, 6.45) is 8.89. The van der Waals surface area contributed by atoms with Crippen molar-refractivity contribution in [1.29, 1.82) is 0 Å². The molecule has 3 rings (SSSR count). The third-order valence-electron chi connectivity index (χ3n) is 5.50. The quantitative estimate of drug-likeness (QED) is 0.835. The number of fused-ring (bicyclic) bond motifs is 2. The molecule has 0 aromatic heterocycles. The van der Waals surface area contributed by atoms with Gasteiger partial charge < -0.3 is 10.0 Å². The van der Waals surface area contributed by atoms with Gasteiger partial charge in [-0.2, -0.15) is 0 Å². The molecular formula is C15H25NO2. The number of hydrogen-bond donors (Lipinski definition) is 1. The Morgan fingerprint density at radius 3 is 2.56 bits per heavy atom. The number of aliphatic hydroxyl groups is 1. The highest BCUT2D eigenvalue weighted by Crippen LogP contribution is 2.49. The van der Waals surface area contributed by atoms with Crippen LogP contribution in [-0.2, 0) is 4.79 Å². The molecule has 0 spiro atoms. The van der Waals surface area contributed by atoms with E-state index in [1.807, 2.05) is 11.9 Å². The molecular weight excluding hydrogens is 226 g/mol. The third-order valence-corrected chi connectivity index (χ3v) is 5.50. The molecule has 0 aromatic rings. The number of hydrogen-bond acceptors (Lipinski definition) is 2. The van der Waals surface area contributed by atoms with Crippen LogP contribution in [0.2, 0.25) is 0 Å². The van der Waals surface area contributed by atoms with Crippen molar-refractivity contribution in [3.05, 3.63) is 0 Å². The van der Waals surface area contributed by atoms with Gasteiger partial charge in [0.05, 0.1) is 5.60 Å². The summed E-state index contributed by atoms with van der Waals surface area (Å²) in [4.78, 5) is 14.3. The number of rotatable bonds is 3. The summed E-state index contributed by atoms with van der Waals surface area (Å²) >= 11 is 0. The monoisotopic (exact) mass is 251 g/mol. The van der Waals surface area contributed by atoms with Crippen molar-refractivity contribution in [2.75, 3.05) is 13.6 Å². The molecule has 0 radical (unpaired) electrons. The first-order valence-corrected chi connectivity index (χ1v) is 7.55. The van der Waals surface area contributed by atoms with E-state index in [0.29, 0.717) is 18.4 Å². The first-order valence-electron chi connectivity index (χ1n) is 7.55. The van der Waals surface area contributed by atoms with Crippen molar-refractivity contribution in [2.24, 2.45) is 17.8 Å². The Labute approximate surface area is 110 Å². The maximum absolute atomic E-state index is 12.5. The Morgan fingerprint density at radius 1 is 1.28 bits per heavy atom. The maximum Gasteiger partial charge on any atom is 0.225 e. The standard InChI is InChI=1S/C15H25NO2/c1-16(10-15(18)6-2-3-7-15)14(17)13-9-11-4-5-12(13)8-11/h11-13,18H,2-10H2,1H3. The largest absolute Gasteiger partial charge is 0.388 e. The average Bonchev–Trinajstić information content (AvgIpc) is 3.03. The van der Waals surface area contributed by atoms with Gasteiger partial charge in [-0.3, -0.25) is 4.79 Å². The zero-order valence-electron chi connectivity index (χ0n) is 11.4. The third kappa shape index (κ3) is 2.18. The van der Waals surface area contributed by atoms with Crippen LogP contribution in [0.1, 0.15) is 51.4 Å². The lowest BCUT2D eigenvalue weighted by Gasteiger charge is -2.32. The first-order chi connectivity index (χ1) is 8.57. The van der Waals surface area contributed by atoms with Crippen molar-refractivity contribution in [3.8, 4) is 0 Å². The van der Waals surface area contributed by atoms with Crippen molar-refractivity contribution < 1.29 is 9.90 Å². The normalized spacial score (nSPS) is 37.1. The lowest BCUT2D eigenvalue weighted by atomic mass is 9.87. The van der Waals surface area contributed by atoms with Crippen LogP contribution in [0.3, 0.4) is 0 Å². The van der Waals surface area contributed by atoms with Gasteiger partial charge in [0.2, 0.25) is 5.91 Å². The Bertz CT molecular complexity index is 335. The Balaban J connectivity index is 1.59. The van der Waals surface area contributed by atoms with Crippen LogP contribution in [0.25, 0.3) is 0 Å².